The summed E-state index contributed by atoms with van der Waals surface area (Å²) in [5.41, 5.74) is 4.97. The summed E-state index contributed by atoms with van der Waals surface area (Å²) in [6, 6.07) is 6.15. The predicted molar refractivity (Wildman–Crippen MR) is 78.7 cm³/mol. The summed E-state index contributed by atoms with van der Waals surface area (Å²) in [6.07, 6.45) is 2.05. The molecule has 20 heavy (non-hydrogen) atoms. The summed E-state index contributed by atoms with van der Waals surface area (Å²) in [5, 5.41) is 7.86. The van der Waals surface area contributed by atoms with E-state index in [1.807, 2.05) is 50.0 Å². The maximum absolute atomic E-state index is 5.48. The maximum Gasteiger partial charge on any atom is 0.192 e. The van der Waals surface area contributed by atoms with Crippen molar-refractivity contribution in [1.29, 1.82) is 0 Å². The largest absolute Gasteiger partial charge is 0.441 e. The summed E-state index contributed by atoms with van der Waals surface area (Å²) in [5.74, 6) is 0.688. The van der Waals surface area contributed by atoms with Crippen LogP contribution in [0, 0.1) is 13.8 Å². The molecule has 0 aliphatic heterocycles. The Bertz CT molecular complexity index is 756. The van der Waals surface area contributed by atoms with E-state index in [-0.39, 0.29) is 6.04 Å². The van der Waals surface area contributed by atoms with E-state index in [2.05, 4.69) is 22.3 Å². The van der Waals surface area contributed by atoms with Crippen LogP contribution in [0.5, 0.6) is 0 Å². The van der Waals surface area contributed by atoms with Crippen LogP contribution < -0.4 is 5.32 Å². The average Bonchev–Trinajstić information content (AvgIpc) is 2.90. The number of nitrogens with zero attached hydrogens (tertiary/aromatic N) is 3. The molecule has 0 aliphatic rings. The third kappa shape index (κ3) is 2.27. The molecule has 0 saturated heterocycles. The molecule has 1 aromatic carbocycles. The van der Waals surface area contributed by atoms with E-state index >= 15 is 0 Å². The highest BCUT2D eigenvalue weighted by atomic mass is 16.3. The van der Waals surface area contributed by atoms with Gasteiger partial charge in [-0.3, -0.25) is 4.68 Å². The van der Waals surface area contributed by atoms with E-state index < -0.39 is 0 Å². The number of aromatic nitrogens is 3. The van der Waals surface area contributed by atoms with E-state index in [0.717, 1.165) is 22.5 Å². The van der Waals surface area contributed by atoms with Crippen molar-refractivity contribution in [2.45, 2.75) is 26.8 Å². The Morgan fingerprint density at radius 1 is 1.30 bits per heavy atom. The van der Waals surface area contributed by atoms with Crippen LogP contribution in [-0.4, -0.2) is 14.8 Å². The van der Waals surface area contributed by atoms with Crippen LogP contribution in [0.1, 0.15) is 30.1 Å². The van der Waals surface area contributed by atoms with Gasteiger partial charge < -0.3 is 9.73 Å². The molecule has 104 valence electrons. The lowest BCUT2D eigenvalue weighted by Gasteiger charge is -2.14. The number of rotatable bonds is 3. The molecule has 1 unspecified atom stereocenters. The Balaban J connectivity index is 1.86. The quantitative estimate of drug-likeness (QED) is 0.793. The van der Waals surface area contributed by atoms with Crippen LogP contribution in [0.3, 0.4) is 0 Å². The van der Waals surface area contributed by atoms with E-state index in [1.54, 1.807) is 0 Å². The Kier molecular flexibility index (Phi) is 2.97. The molecule has 0 fully saturated rings. The van der Waals surface area contributed by atoms with Crippen LogP contribution >= 0.6 is 0 Å². The molecule has 2 aromatic heterocycles. The van der Waals surface area contributed by atoms with Gasteiger partial charge in [0, 0.05) is 31.4 Å². The number of benzene rings is 1. The molecule has 2 heterocycles. The van der Waals surface area contributed by atoms with Crippen molar-refractivity contribution in [3.05, 3.63) is 41.5 Å². The number of aryl methyl sites for hydroxylation is 3. The Labute approximate surface area is 117 Å². The number of nitrogens with one attached hydrogen (secondary N) is 1. The fourth-order valence-corrected chi connectivity index (χ4v) is 2.50. The van der Waals surface area contributed by atoms with E-state index in [0.29, 0.717) is 5.89 Å². The first-order valence-electron chi connectivity index (χ1n) is 6.67. The van der Waals surface area contributed by atoms with Crippen LogP contribution in [0.4, 0.5) is 5.69 Å². The first-order valence-corrected chi connectivity index (χ1v) is 6.67. The molecule has 5 nitrogen and oxygen atoms in total. The minimum absolute atomic E-state index is 0.189. The zero-order chi connectivity index (χ0) is 14.3. The van der Waals surface area contributed by atoms with Gasteiger partial charge >= 0.3 is 0 Å². The zero-order valence-corrected chi connectivity index (χ0v) is 12.1. The number of fused-ring (bicyclic) bond motifs is 1. The van der Waals surface area contributed by atoms with Crippen molar-refractivity contribution in [1.82, 2.24) is 14.8 Å². The molecule has 0 bridgehead atoms. The van der Waals surface area contributed by atoms with Crippen LogP contribution in [0.2, 0.25) is 0 Å². The van der Waals surface area contributed by atoms with Gasteiger partial charge in [-0.15, -0.1) is 0 Å². The molecule has 0 radical (unpaired) electrons. The molecular weight excluding hydrogens is 252 g/mol. The number of anilines is 1. The molecule has 3 rings (SSSR count). The Morgan fingerprint density at radius 2 is 2.10 bits per heavy atom. The third-order valence-corrected chi connectivity index (χ3v) is 3.40. The smallest absolute Gasteiger partial charge is 0.192 e. The van der Waals surface area contributed by atoms with Crippen molar-refractivity contribution >= 4 is 16.8 Å². The van der Waals surface area contributed by atoms with Gasteiger partial charge in [-0.05, 0) is 32.0 Å². The first kappa shape index (κ1) is 12.7. The maximum atomic E-state index is 5.48. The fraction of sp³-hybridized carbons (Fsp3) is 0.333. The molecule has 1 atom stereocenters. The van der Waals surface area contributed by atoms with Gasteiger partial charge in [0.15, 0.2) is 11.5 Å². The number of hydrogen-bond donors (Lipinski definition) is 1. The second-order valence-corrected chi connectivity index (χ2v) is 5.12. The lowest BCUT2D eigenvalue weighted by Crippen LogP contribution is -2.06. The summed E-state index contributed by atoms with van der Waals surface area (Å²) in [6.45, 7) is 6.01. The monoisotopic (exact) mass is 270 g/mol. The second kappa shape index (κ2) is 4.67. The Morgan fingerprint density at radius 3 is 2.80 bits per heavy atom. The van der Waals surface area contributed by atoms with Gasteiger partial charge in [0.05, 0.1) is 11.7 Å². The average molecular weight is 270 g/mol. The molecular formula is C15H18N4O. The Hall–Kier alpha value is -2.30. The predicted octanol–water partition coefficient (Wildman–Crippen LogP) is 3.35. The first-order chi connectivity index (χ1) is 9.52. The van der Waals surface area contributed by atoms with Crippen molar-refractivity contribution in [3.63, 3.8) is 0 Å². The van der Waals surface area contributed by atoms with Gasteiger partial charge in [0.25, 0.3) is 0 Å². The second-order valence-electron chi connectivity index (χ2n) is 5.12. The summed E-state index contributed by atoms with van der Waals surface area (Å²) < 4.78 is 7.32. The minimum Gasteiger partial charge on any atom is -0.441 e. The topological polar surface area (TPSA) is 55.9 Å². The van der Waals surface area contributed by atoms with Crippen LogP contribution in [0.25, 0.3) is 11.1 Å². The van der Waals surface area contributed by atoms with Gasteiger partial charge in [-0.25, -0.2) is 4.98 Å². The van der Waals surface area contributed by atoms with Crippen LogP contribution in [-0.2, 0) is 7.05 Å². The normalized spacial score (nSPS) is 12.8. The van der Waals surface area contributed by atoms with Gasteiger partial charge in [0.1, 0.15) is 5.52 Å². The zero-order valence-electron chi connectivity index (χ0n) is 12.1. The highest BCUT2D eigenvalue weighted by Gasteiger charge is 2.12. The molecule has 0 aliphatic carbocycles. The van der Waals surface area contributed by atoms with Gasteiger partial charge in [-0.2, -0.15) is 5.10 Å². The summed E-state index contributed by atoms with van der Waals surface area (Å²) in [7, 11) is 1.94. The highest BCUT2D eigenvalue weighted by molar-refractivity contribution is 5.77. The molecule has 0 spiro atoms. The number of hydrogen-bond acceptors (Lipinski definition) is 4. The molecule has 0 amide bonds. The minimum atomic E-state index is 0.189. The molecule has 1 N–H and O–H groups in total. The SMILES string of the molecule is Cc1nc2cc(NC(C)c3cn(C)nc3C)ccc2o1. The standard InChI is InChI=1S/C15H18N4O/c1-9(13-8-19(4)18-10(13)2)16-12-5-6-15-14(7-12)17-11(3)20-15/h5-9,16H,1-4H3. The van der Waals surface area contributed by atoms with E-state index in [4.69, 9.17) is 4.42 Å². The van der Waals surface area contributed by atoms with Crippen molar-refractivity contribution in [2.75, 3.05) is 5.32 Å². The number of oxazole rings is 1. The fourth-order valence-electron chi connectivity index (χ4n) is 2.50. The van der Waals surface area contributed by atoms with Gasteiger partial charge in [-0.1, -0.05) is 0 Å². The highest BCUT2D eigenvalue weighted by Crippen LogP contribution is 2.24. The van der Waals surface area contributed by atoms with Gasteiger partial charge in [0.2, 0.25) is 0 Å². The van der Waals surface area contributed by atoms with E-state index in [1.165, 1.54) is 5.56 Å². The molecule has 5 heteroatoms. The molecule has 3 aromatic rings. The van der Waals surface area contributed by atoms with E-state index in [9.17, 15) is 0 Å². The van der Waals surface area contributed by atoms with Crippen molar-refractivity contribution in [3.8, 4) is 0 Å². The lowest BCUT2D eigenvalue weighted by atomic mass is 10.1. The van der Waals surface area contributed by atoms with Crippen molar-refractivity contribution in [2.24, 2.45) is 7.05 Å². The third-order valence-electron chi connectivity index (χ3n) is 3.40. The van der Waals surface area contributed by atoms with Crippen molar-refractivity contribution < 1.29 is 4.42 Å². The van der Waals surface area contributed by atoms with Crippen LogP contribution in [0.15, 0.2) is 28.8 Å². The summed E-state index contributed by atoms with van der Waals surface area (Å²) >= 11 is 0. The molecule has 0 saturated carbocycles. The lowest BCUT2D eigenvalue weighted by molar-refractivity contribution is 0.561. The summed E-state index contributed by atoms with van der Waals surface area (Å²) in [4.78, 5) is 4.35.